The molecule has 0 amide bonds. The van der Waals surface area contributed by atoms with E-state index in [9.17, 15) is 0 Å². The Morgan fingerprint density at radius 2 is 2.13 bits per heavy atom. The Bertz CT molecular complexity index is 348. The first kappa shape index (κ1) is 11.0. The Balaban J connectivity index is 2.10. The first-order valence-corrected chi connectivity index (χ1v) is 6.49. The molecule has 1 aromatic rings. The molecule has 1 N–H and O–H groups in total. The van der Waals surface area contributed by atoms with Gasteiger partial charge in [-0.15, -0.1) is 0 Å². The molecule has 2 unspecified atom stereocenters. The molecule has 1 fully saturated rings. The van der Waals surface area contributed by atoms with Crippen molar-refractivity contribution in [3.05, 3.63) is 28.2 Å². The van der Waals surface area contributed by atoms with Crippen molar-refractivity contribution >= 4 is 21.6 Å². The molecule has 0 bridgehead atoms. The molecule has 1 aromatic carbocycles. The summed E-state index contributed by atoms with van der Waals surface area (Å²) >= 11 is 3.61. The minimum absolute atomic E-state index is 0.656. The van der Waals surface area contributed by atoms with Gasteiger partial charge in [-0.25, -0.2) is 0 Å². The first-order chi connectivity index (χ1) is 7.16. The van der Waals surface area contributed by atoms with Gasteiger partial charge >= 0.3 is 0 Å². The summed E-state index contributed by atoms with van der Waals surface area (Å²) in [5, 5.41) is 3.64. The van der Waals surface area contributed by atoms with Crippen LogP contribution in [0.3, 0.4) is 0 Å². The maximum Gasteiger partial charge on any atom is 0.0487 e. The predicted octanol–water partition coefficient (Wildman–Crippen LogP) is 4.36. The van der Waals surface area contributed by atoms with Gasteiger partial charge in [0.05, 0.1) is 0 Å². The molecule has 2 heteroatoms. The minimum Gasteiger partial charge on any atom is -0.381 e. The highest BCUT2D eigenvalue weighted by atomic mass is 79.9. The highest BCUT2D eigenvalue weighted by Crippen LogP contribution is 2.31. The normalized spacial score (nSPS) is 25.5. The Hall–Kier alpha value is -0.500. The summed E-state index contributed by atoms with van der Waals surface area (Å²) in [6, 6.07) is 7.16. The van der Waals surface area contributed by atoms with Crippen LogP contribution < -0.4 is 5.32 Å². The summed E-state index contributed by atoms with van der Waals surface area (Å²) in [7, 11) is 0. The van der Waals surface area contributed by atoms with Gasteiger partial charge in [-0.1, -0.05) is 19.4 Å². The van der Waals surface area contributed by atoms with Crippen LogP contribution in [0.2, 0.25) is 0 Å². The number of aryl methyl sites for hydroxylation is 1. The van der Waals surface area contributed by atoms with Crippen LogP contribution in [-0.4, -0.2) is 6.04 Å². The van der Waals surface area contributed by atoms with Crippen molar-refractivity contribution in [2.24, 2.45) is 5.92 Å². The fourth-order valence-electron chi connectivity index (χ4n) is 2.30. The van der Waals surface area contributed by atoms with E-state index in [0.29, 0.717) is 6.04 Å². The second kappa shape index (κ2) is 4.56. The van der Waals surface area contributed by atoms with E-state index in [-0.39, 0.29) is 0 Å². The van der Waals surface area contributed by atoms with Crippen LogP contribution in [0.5, 0.6) is 0 Å². The van der Waals surface area contributed by atoms with Gasteiger partial charge in [-0.05, 0) is 59.3 Å². The average molecular weight is 268 g/mol. The van der Waals surface area contributed by atoms with E-state index >= 15 is 0 Å². The van der Waals surface area contributed by atoms with Gasteiger partial charge in [0.2, 0.25) is 0 Å². The molecule has 0 heterocycles. The van der Waals surface area contributed by atoms with Crippen LogP contribution in [-0.2, 0) is 0 Å². The van der Waals surface area contributed by atoms with Crippen LogP contribution >= 0.6 is 15.9 Å². The molecular formula is C13H18BrN. The zero-order valence-corrected chi connectivity index (χ0v) is 11.0. The Morgan fingerprint density at radius 3 is 2.73 bits per heavy atom. The molecule has 0 aliphatic heterocycles. The van der Waals surface area contributed by atoms with Gasteiger partial charge in [0.15, 0.2) is 0 Å². The molecule has 0 spiro atoms. The number of hydrogen-bond acceptors (Lipinski definition) is 1. The van der Waals surface area contributed by atoms with E-state index in [1.54, 1.807) is 0 Å². The van der Waals surface area contributed by atoms with Crippen molar-refractivity contribution < 1.29 is 0 Å². The molecule has 15 heavy (non-hydrogen) atoms. The average Bonchev–Trinajstić information content (AvgIpc) is 2.57. The molecule has 1 aliphatic carbocycles. The quantitative estimate of drug-likeness (QED) is 0.840. The lowest BCUT2D eigenvalue weighted by molar-refractivity contribution is 0.556. The number of rotatable bonds is 2. The smallest absolute Gasteiger partial charge is 0.0487 e. The van der Waals surface area contributed by atoms with Crippen LogP contribution in [0, 0.1) is 12.8 Å². The van der Waals surface area contributed by atoms with Crippen molar-refractivity contribution in [3.63, 3.8) is 0 Å². The number of halogens is 1. The van der Waals surface area contributed by atoms with Crippen molar-refractivity contribution in [3.8, 4) is 0 Å². The highest BCUT2D eigenvalue weighted by Gasteiger charge is 2.23. The summed E-state index contributed by atoms with van der Waals surface area (Å²) in [4.78, 5) is 0. The SMILES string of the molecule is Cc1ccc(NC2CCCC2C)c(Br)c1. The topological polar surface area (TPSA) is 12.0 Å². The fourth-order valence-corrected chi connectivity index (χ4v) is 2.90. The summed E-state index contributed by atoms with van der Waals surface area (Å²) in [6.07, 6.45) is 4.03. The lowest BCUT2D eigenvalue weighted by Gasteiger charge is -2.19. The minimum atomic E-state index is 0.656. The third kappa shape index (κ3) is 2.54. The molecular weight excluding hydrogens is 250 g/mol. The summed E-state index contributed by atoms with van der Waals surface area (Å²) in [5.41, 5.74) is 2.53. The van der Waals surface area contributed by atoms with Crippen LogP contribution in [0.15, 0.2) is 22.7 Å². The Labute approximate surface area is 100 Å². The van der Waals surface area contributed by atoms with Crippen molar-refractivity contribution in [2.45, 2.75) is 39.2 Å². The molecule has 1 saturated carbocycles. The molecule has 2 atom stereocenters. The molecule has 1 nitrogen and oxygen atoms in total. The van der Waals surface area contributed by atoms with Crippen LogP contribution in [0.25, 0.3) is 0 Å². The molecule has 2 rings (SSSR count). The standard InChI is InChI=1S/C13H18BrN/c1-9-6-7-13(11(14)8-9)15-12-5-3-4-10(12)2/h6-8,10,12,15H,3-5H2,1-2H3. The van der Waals surface area contributed by atoms with E-state index in [1.165, 1.54) is 35.0 Å². The van der Waals surface area contributed by atoms with Gasteiger partial charge in [0.25, 0.3) is 0 Å². The van der Waals surface area contributed by atoms with Gasteiger partial charge in [0, 0.05) is 16.2 Å². The number of anilines is 1. The van der Waals surface area contributed by atoms with Gasteiger partial charge in [-0.2, -0.15) is 0 Å². The summed E-state index contributed by atoms with van der Waals surface area (Å²) in [6.45, 7) is 4.46. The molecule has 1 aliphatic rings. The van der Waals surface area contributed by atoms with E-state index in [4.69, 9.17) is 0 Å². The lowest BCUT2D eigenvalue weighted by Crippen LogP contribution is -2.21. The zero-order chi connectivity index (χ0) is 10.8. The van der Waals surface area contributed by atoms with Crippen molar-refractivity contribution in [1.82, 2.24) is 0 Å². The molecule has 0 saturated heterocycles. The van der Waals surface area contributed by atoms with E-state index < -0.39 is 0 Å². The van der Waals surface area contributed by atoms with Gasteiger partial charge in [0.1, 0.15) is 0 Å². The molecule has 0 radical (unpaired) electrons. The Morgan fingerprint density at radius 1 is 1.33 bits per heavy atom. The van der Waals surface area contributed by atoms with E-state index in [1.807, 2.05) is 0 Å². The second-order valence-corrected chi connectivity index (χ2v) is 5.50. The van der Waals surface area contributed by atoms with Crippen molar-refractivity contribution in [1.29, 1.82) is 0 Å². The predicted molar refractivity (Wildman–Crippen MR) is 69.3 cm³/mol. The second-order valence-electron chi connectivity index (χ2n) is 4.64. The first-order valence-electron chi connectivity index (χ1n) is 5.69. The third-order valence-electron chi connectivity index (χ3n) is 3.33. The summed E-state index contributed by atoms with van der Waals surface area (Å²) in [5.74, 6) is 0.804. The molecule has 82 valence electrons. The van der Waals surface area contributed by atoms with E-state index in [0.717, 1.165) is 5.92 Å². The number of nitrogens with one attached hydrogen (secondary N) is 1. The maximum absolute atomic E-state index is 3.64. The van der Waals surface area contributed by atoms with Crippen LogP contribution in [0.4, 0.5) is 5.69 Å². The van der Waals surface area contributed by atoms with E-state index in [2.05, 4.69) is 53.3 Å². The van der Waals surface area contributed by atoms with Gasteiger partial charge < -0.3 is 5.32 Å². The fraction of sp³-hybridized carbons (Fsp3) is 0.538. The lowest BCUT2D eigenvalue weighted by atomic mass is 10.1. The van der Waals surface area contributed by atoms with Crippen LogP contribution in [0.1, 0.15) is 31.7 Å². The highest BCUT2D eigenvalue weighted by molar-refractivity contribution is 9.10. The third-order valence-corrected chi connectivity index (χ3v) is 3.98. The van der Waals surface area contributed by atoms with Gasteiger partial charge in [-0.3, -0.25) is 0 Å². The number of hydrogen-bond donors (Lipinski definition) is 1. The maximum atomic E-state index is 3.64. The molecule has 0 aromatic heterocycles. The number of benzene rings is 1. The zero-order valence-electron chi connectivity index (χ0n) is 9.39. The largest absolute Gasteiger partial charge is 0.381 e. The summed E-state index contributed by atoms with van der Waals surface area (Å²) < 4.78 is 1.18. The van der Waals surface area contributed by atoms with Crippen molar-refractivity contribution in [2.75, 3.05) is 5.32 Å². The monoisotopic (exact) mass is 267 g/mol. The Kier molecular flexibility index (Phi) is 3.35.